The number of nitrogens with zero attached hydrogens (tertiary/aromatic N) is 1. The Hall–Kier alpha value is -2.37. The summed E-state index contributed by atoms with van der Waals surface area (Å²) in [5, 5.41) is 5.56. The molecule has 1 unspecified atom stereocenters. The number of aromatic nitrogens is 1. The van der Waals surface area contributed by atoms with Crippen molar-refractivity contribution in [2.45, 2.75) is 33.2 Å². The van der Waals surface area contributed by atoms with Crippen LogP contribution in [0.3, 0.4) is 0 Å². The van der Waals surface area contributed by atoms with E-state index in [9.17, 15) is 9.59 Å². The number of pyridine rings is 1. The van der Waals surface area contributed by atoms with Crippen LogP contribution in [0.15, 0.2) is 30.6 Å². The average molecular weight is 319 g/mol. The van der Waals surface area contributed by atoms with Crippen molar-refractivity contribution in [3.8, 4) is 0 Å². The molecule has 23 heavy (non-hydrogen) atoms. The maximum Gasteiger partial charge on any atom is 0.407 e. The molecule has 2 N–H and O–H groups in total. The van der Waals surface area contributed by atoms with E-state index < -0.39 is 6.09 Å². The molecular formula is C17H25N3O3. The van der Waals surface area contributed by atoms with Gasteiger partial charge in [0.2, 0.25) is 5.91 Å². The van der Waals surface area contributed by atoms with Gasteiger partial charge < -0.3 is 15.4 Å². The first-order valence-corrected chi connectivity index (χ1v) is 7.80. The van der Waals surface area contributed by atoms with E-state index in [1.165, 1.54) is 6.08 Å². The molecule has 0 saturated heterocycles. The molecule has 0 aliphatic rings. The Kier molecular flexibility index (Phi) is 8.42. The normalized spacial score (nSPS) is 12.2. The number of carbonyl (C=O) groups excluding carboxylic acids is 2. The summed E-state index contributed by atoms with van der Waals surface area (Å²) >= 11 is 0. The lowest BCUT2D eigenvalue weighted by Crippen LogP contribution is -2.44. The van der Waals surface area contributed by atoms with Crippen molar-refractivity contribution in [3.05, 3.63) is 36.2 Å². The number of hydrogen-bond donors (Lipinski definition) is 2. The predicted molar refractivity (Wildman–Crippen MR) is 89.7 cm³/mol. The molecule has 0 aliphatic carbocycles. The molecule has 126 valence electrons. The lowest BCUT2D eigenvalue weighted by Gasteiger charge is -2.20. The van der Waals surface area contributed by atoms with Crippen LogP contribution >= 0.6 is 0 Å². The highest BCUT2D eigenvalue weighted by Gasteiger charge is 2.15. The molecule has 0 radical (unpaired) electrons. The van der Waals surface area contributed by atoms with E-state index in [2.05, 4.69) is 29.5 Å². The van der Waals surface area contributed by atoms with Crippen LogP contribution in [0, 0.1) is 5.92 Å². The second kappa shape index (κ2) is 10.4. The topological polar surface area (TPSA) is 80.3 Å². The fraction of sp³-hybridized carbons (Fsp3) is 0.471. The van der Waals surface area contributed by atoms with Crippen molar-refractivity contribution < 1.29 is 14.3 Å². The minimum atomic E-state index is -0.460. The summed E-state index contributed by atoms with van der Waals surface area (Å²) in [5.41, 5.74) is 0.853. The minimum absolute atomic E-state index is 0.162. The van der Waals surface area contributed by atoms with Gasteiger partial charge in [0.15, 0.2) is 0 Å². The monoisotopic (exact) mass is 319 g/mol. The first-order chi connectivity index (χ1) is 11.0. The molecule has 0 spiro atoms. The van der Waals surface area contributed by atoms with Crippen LogP contribution in [0.2, 0.25) is 0 Å². The average Bonchev–Trinajstić information content (AvgIpc) is 2.51. The van der Waals surface area contributed by atoms with E-state index in [4.69, 9.17) is 4.74 Å². The highest BCUT2D eigenvalue weighted by atomic mass is 16.5. The third-order valence-electron chi connectivity index (χ3n) is 2.99. The Morgan fingerprint density at radius 2 is 2.17 bits per heavy atom. The Labute approximate surface area is 137 Å². The number of rotatable bonds is 8. The molecule has 1 heterocycles. The fourth-order valence-electron chi connectivity index (χ4n) is 2.03. The highest BCUT2D eigenvalue weighted by molar-refractivity contribution is 5.91. The van der Waals surface area contributed by atoms with Gasteiger partial charge in [-0.2, -0.15) is 0 Å². The van der Waals surface area contributed by atoms with Crippen molar-refractivity contribution in [1.29, 1.82) is 0 Å². The van der Waals surface area contributed by atoms with E-state index in [0.29, 0.717) is 19.1 Å². The van der Waals surface area contributed by atoms with Crippen LogP contribution in [0.25, 0.3) is 6.08 Å². The Morgan fingerprint density at radius 1 is 1.39 bits per heavy atom. The van der Waals surface area contributed by atoms with Gasteiger partial charge in [0, 0.05) is 31.1 Å². The molecule has 1 rings (SSSR count). The molecule has 0 bridgehead atoms. The van der Waals surface area contributed by atoms with Crippen molar-refractivity contribution in [3.63, 3.8) is 0 Å². The highest BCUT2D eigenvalue weighted by Crippen LogP contribution is 2.04. The molecule has 6 heteroatoms. The Balaban J connectivity index is 2.47. The van der Waals surface area contributed by atoms with Gasteiger partial charge in [-0.15, -0.1) is 0 Å². The molecule has 0 saturated carbocycles. The Bertz CT molecular complexity index is 515. The zero-order valence-corrected chi connectivity index (χ0v) is 13.9. The third-order valence-corrected chi connectivity index (χ3v) is 2.99. The summed E-state index contributed by atoms with van der Waals surface area (Å²) in [4.78, 5) is 27.4. The van der Waals surface area contributed by atoms with Gasteiger partial charge in [-0.25, -0.2) is 4.79 Å². The quantitative estimate of drug-likeness (QED) is 0.721. The van der Waals surface area contributed by atoms with Crippen molar-refractivity contribution in [2.75, 3.05) is 13.2 Å². The predicted octanol–water partition coefficient (Wildman–Crippen LogP) is 2.37. The summed E-state index contributed by atoms with van der Waals surface area (Å²) in [5.74, 6) is 0.179. The first kappa shape index (κ1) is 18.7. The smallest absolute Gasteiger partial charge is 0.407 e. The standard InChI is InChI=1S/C17H25N3O3/c1-4-23-17(22)20-15(10-13(2)3)12-19-16(21)8-7-14-6-5-9-18-11-14/h5-9,11,13,15H,4,10,12H2,1-3H3,(H,19,21)(H,20,22)/b8-7+. The van der Waals surface area contributed by atoms with Gasteiger partial charge >= 0.3 is 6.09 Å². The third kappa shape index (κ3) is 8.60. The summed E-state index contributed by atoms with van der Waals surface area (Å²) in [6, 6.07) is 3.50. The lowest BCUT2D eigenvalue weighted by atomic mass is 10.0. The molecule has 2 amide bonds. The second-order valence-electron chi connectivity index (χ2n) is 5.56. The molecule has 0 aromatic carbocycles. The van der Waals surface area contributed by atoms with E-state index in [0.717, 1.165) is 12.0 Å². The SMILES string of the molecule is CCOC(=O)NC(CNC(=O)/C=C/c1cccnc1)CC(C)C. The maximum absolute atomic E-state index is 11.9. The minimum Gasteiger partial charge on any atom is -0.450 e. The van der Waals surface area contributed by atoms with Crippen LogP contribution in [-0.4, -0.2) is 36.2 Å². The molecule has 1 aromatic rings. The zero-order valence-electron chi connectivity index (χ0n) is 13.9. The molecule has 1 aromatic heterocycles. The Morgan fingerprint density at radius 3 is 2.78 bits per heavy atom. The fourth-order valence-corrected chi connectivity index (χ4v) is 2.03. The van der Waals surface area contributed by atoms with E-state index in [-0.39, 0.29) is 11.9 Å². The number of amides is 2. The number of nitrogens with one attached hydrogen (secondary N) is 2. The molecule has 1 atom stereocenters. The van der Waals surface area contributed by atoms with Crippen LogP contribution in [0.1, 0.15) is 32.8 Å². The summed E-state index contributed by atoms with van der Waals surface area (Å²) in [7, 11) is 0. The number of hydrogen-bond acceptors (Lipinski definition) is 4. The van der Waals surface area contributed by atoms with Gasteiger partial charge in [-0.3, -0.25) is 9.78 Å². The zero-order chi connectivity index (χ0) is 17.1. The van der Waals surface area contributed by atoms with Gasteiger partial charge in [0.05, 0.1) is 6.61 Å². The molecule has 0 aliphatic heterocycles. The van der Waals surface area contributed by atoms with Gasteiger partial charge in [-0.1, -0.05) is 19.9 Å². The molecular weight excluding hydrogens is 294 g/mol. The van der Waals surface area contributed by atoms with E-state index in [1.807, 2.05) is 6.07 Å². The molecule has 6 nitrogen and oxygen atoms in total. The largest absolute Gasteiger partial charge is 0.450 e. The summed E-state index contributed by atoms with van der Waals surface area (Å²) in [6.07, 6.45) is 6.79. The second-order valence-corrected chi connectivity index (χ2v) is 5.56. The van der Waals surface area contributed by atoms with Crippen LogP contribution in [0.5, 0.6) is 0 Å². The number of carbonyl (C=O) groups is 2. The first-order valence-electron chi connectivity index (χ1n) is 7.80. The van der Waals surface area contributed by atoms with Crippen molar-refractivity contribution in [1.82, 2.24) is 15.6 Å². The van der Waals surface area contributed by atoms with E-state index >= 15 is 0 Å². The van der Waals surface area contributed by atoms with Crippen molar-refractivity contribution >= 4 is 18.1 Å². The maximum atomic E-state index is 11.9. The van der Waals surface area contributed by atoms with Gasteiger partial charge in [-0.05, 0) is 37.0 Å². The van der Waals surface area contributed by atoms with Crippen LogP contribution < -0.4 is 10.6 Å². The van der Waals surface area contributed by atoms with Crippen LogP contribution in [0.4, 0.5) is 4.79 Å². The number of ether oxygens (including phenoxy) is 1. The van der Waals surface area contributed by atoms with Gasteiger partial charge in [0.1, 0.15) is 0 Å². The van der Waals surface area contributed by atoms with Crippen LogP contribution in [-0.2, 0) is 9.53 Å². The lowest BCUT2D eigenvalue weighted by molar-refractivity contribution is -0.116. The van der Waals surface area contributed by atoms with Crippen molar-refractivity contribution in [2.24, 2.45) is 5.92 Å². The summed E-state index contributed by atoms with van der Waals surface area (Å²) in [6.45, 7) is 6.55. The molecule has 0 fully saturated rings. The van der Waals surface area contributed by atoms with E-state index in [1.54, 1.807) is 31.5 Å². The summed E-state index contributed by atoms with van der Waals surface area (Å²) < 4.78 is 4.88. The number of alkyl carbamates (subject to hydrolysis) is 1. The van der Waals surface area contributed by atoms with Gasteiger partial charge in [0.25, 0.3) is 0 Å².